The number of halogens is 1. The first-order chi connectivity index (χ1) is 9.52. The first kappa shape index (κ1) is 14.8. The van der Waals surface area contributed by atoms with Crippen molar-refractivity contribution >= 4 is 5.91 Å². The highest BCUT2D eigenvalue weighted by molar-refractivity contribution is 5.73. The van der Waals surface area contributed by atoms with E-state index in [-0.39, 0.29) is 23.7 Å². The summed E-state index contributed by atoms with van der Waals surface area (Å²) in [5, 5.41) is 2.84. The van der Waals surface area contributed by atoms with Gasteiger partial charge in [-0.1, -0.05) is 13.3 Å². The predicted molar refractivity (Wildman–Crippen MR) is 74.9 cm³/mol. The summed E-state index contributed by atoms with van der Waals surface area (Å²) in [4.78, 5) is 11.3. The summed E-state index contributed by atoms with van der Waals surface area (Å²) >= 11 is 0. The highest BCUT2D eigenvalue weighted by Gasteiger charge is 2.26. The van der Waals surface area contributed by atoms with E-state index >= 15 is 0 Å². The topological polar surface area (TPSA) is 64.3 Å². The zero-order valence-electron chi connectivity index (χ0n) is 11.9. The molecule has 2 unspecified atom stereocenters. The van der Waals surface area contributed by atoms with Crippen LogP contribution in [0.4, 0.5) is 4.39 Å². The van der Waals surface area contributed by atoms with Gasteiger partial charge < -0.3 is 15.8 Å². The summed E-state index contributed by atoms with van der Waals surface area (Å²) in [5.74, 6) is -0.298. The van der Waals surface area contributed by atoms with Gasteiger partial charge in [0.25, 0.3) is 0 Å². The molecule has 0 aromatic heterocycles. The summed E-state index contributed by atoms with van der Waals surface area (Å²) in [7, 11) is 0. The number of amides is 1. The van der Waals surface area contributed by atoms with Crippen molar-refractivity contribution < 1.29 is 13.9 Å². The van der Waals surface area contributed by atoms with Crippen molar-refractivity contribution in [2.45, 2.75) is 45.2 Å². The molecule has 20 heavy (non-hydrogen) atoms. The maximum absolute atomic E-state index is 14.1. The third-order valence-corrected chi connectivity index (χ3v) is 3.53. The molecule has 1 aliphatic heterocycles. The Kier molecular flexibility index (Phi) is 4.60. The van der Waals surface area contributed by atoms with E-state index < -0.39 is 5.82 Å². The van der Waals surface area contributed by atoms with Gasteiger partial charge >= 0.3 is 0 Å². The largest absolute Gasteiger partial charge is 0.490 e. The van der Waals surface area contributed by atoms with E-state index in [1.54, 1.807) is 0 Å². The summed E-state index contributed by atoms with van der Waals surface area (Å²) in [6.45, 7) is 3.89. The lowest BCUT2D eigenvalue weighted by molar-refractivity contribution is -0.119. The van der Waals surface area contributed by atoms with Gasteiger partial charge in [0.05, 0.1) is 12.6 Å². The van der Waals surface area contributed by atoms with Gasteiger partial charge in [-0.3, -0.25) is 4.79 Å². The fourth-order valence-corrected chi connectivity index (χ4v) is 2.57. The van der Waals surface area contributed by atoms with Crippen LogP contribution in [0.15, 0.2) is 12.1 Å². The smallest absolute Gasteiger partial charge is 0.217 e. The second-order valence-electron chi connectivity index (χ2n) is 5.21. The van der Waals surface area contributed by atoms with Crippen molar-refractivity contribution in [3.63, 3.8) is 0 Å². The Bertz CT molecular complexity index is 505. The van der Waals surface area contributed by atoms with Crippen LogP contribution in [-0.4, -0.2) is 12.5 Å². The third-order valence-electron chi connectivity index (χ3n) is 3.53. The molecule has 5 heteroatoms. The van der Waals surface area contributed by atoms with Crippen LogP contribution in [0.5, 0.6) is 5.75 Å². The Morgan fingerprint density at radius 2 is 2.35 bits per heavy atom. The molecule has 0 saturated carbocycles. The zero-order valence-corrected chi connectivity index (χ0v) is 11.9. The van der Waals surface area contributed by atoms with Crippen molar-refractivity contribution in [3.05, 3.63) is 29.1 Å². The molecule has 0 aliphatic carbocycles. The molecule has 1 aromatic carbocycles. The van der Waals surface area contributed by atoms with Crippen LogP contribution in [-0.2, 0) is 4.79 Å². The number of ether oxygens (including phenoxy) is 1. The number of fused-ring (bicyclic) bond motifs is 1. The fourth-order valence-electron chi connectivity index (χ4n) is 2.57. The lowest BCUT2D eigenvalue weighted by atomic mass is 9.94. The van der Waals surface area contributed by atoms with E-state index in [4.69, 9.17) is 10.5 Å². The van der Waals surface area contributed by atoms with Gasteiger partial charge in [-0.15, -0.1) is 0 Å². The minimum Gasteiger partial charge on any atom is -0.490 e. The normalized spacial score (nSPS) is 18.9. The highest BCUT2D eigenvalue weighted by Crippen LogP contribution is 2.36. The monoisotopic (exact) mass is 280 g/mol. The van der Waals surface area contributed by atoms with E-state index in [2.05, 4.69) is 5.32 Å². The van der Waals surface area contributed by atoms with Crippen LogP contribution in [0.25, 0.3) is 0 Å². The standard InChI is InChI=1S/C15H21FN2O2/c1-3-4-13(17)10-7-11-14(18-9(2)19)5-6-20-15(11)12(16)8-10/h7-8,13-14H,3-6,17H2,1-2H3,(H,18,19). The van der Waals surface area contributed by atoms with Crippen molar-refractivity contribution in [2.24, 2.45) is 5.73 Å². The first-order valence-corrected chi connectivity index (χ1v) is 7.01. The highest BCUT2D eigenvalue weighted by atomic mass is 19.1. The molecule has 0 saturated heterocycles. The molecule has 1 aromatic rings. The van der Waals surface area contributed by atoms with E-state index in [9.17, 15) is 9.18 Å². The summed E-state index contributed by atoms with van der Waals surface area (Å²) < 4.78 is 19.5. The summed E-state index contributed by atoms with van der Waals surface area (Å²) in [6.07, 6.45) is 2.37. The molecule has 1 heterocycles. The maximum Gasteiger partial charge on any atom is 0.217 e. The molecule has 4 nitrogen and oxygen atoms in total. The minimum absolute atomic E-state index is 0.133. The third kappa shape index (κ3) is 3.10. The van der Waals surface area contributed by atoms with Crippen LogP contribution in [0.3, 0.4) is 0 Å². The Morgan fingerprint density at radius 3 is 3.00 bits per heavy atom. The zero-order chi connectivity index (χ0) is 14.7. The van der Waals surface area contributed by atoms with E-state index in [1.165, 1.54) is 13.0 Å². The van der Waals surface area contributed by atoms with E-state index in [0.717, 1.165) is 18.4 Å². The van der Waals surface area contributed by atoms with Gasteiger partial charge in [-0.2, -0.15) is 0 Å². The Morgan fingerprint density at radius 1 is 1.60 bits per heavy atom. The minimum atomic E-state index is -0.404. The number of hydrogen-bond donors (Lipinski definition) is 2. The van der Waals surface area contributed by atoms with Crippen LogP contribution >= 0.6 is 0 Å². The van der Waals surface area contributed by atoms with Gasteiger partial charge in [-0.25, -0.2) is 4.39 Å². The molecular weight excluding hydrogens is 259 g/mol. The lowest BCUT2D eigenvalue weighted by Crippen LogP contribution is -2.31. The van der Waals surface area contributed by atoms with Crippen molar-refractivity contribution in [3.8, 4) is 5.75 Å². The summed E-state index contributed by atoms with van der Waals surface area (Å²) in [6, 6.07) is 2.90. The van der Waals surface area contributed by atoms with Gasteiger partial charge in [0.1, 0.15) is 0 Å². The maximum atomic E-state index is 14.1. The molecule has 1 amide bonds. The van der Waals surface area contributed by atoms with E-state index in [1.807, 2.05) is 13.0 Å². The van der Waals surface area contributed by atoms with Crippen molar-refractivity contribution in [1.29, 1.82) is 0 Å². The number of carbonyl (C=O) groups excluding carboxylic acids is 1. The molecule has 0 fully saturated rings. The number of nitrogens with one attached hydrogen (secondary N) is 1. The number of nitrogens with two attached hydrogens (primary N) is 1. The van der Waals surface area contributed by atoms with Crippen LogP contribution < -0.4 is 15.8 Å². The Balaban J connectivity index is 2.37. The van der Waals surface area contributed by atoms with Crippen LogP contribution in [0.1, 0.15) is 56.3 Å². The number of carbonyl (C=O) groups is 1. The Hall–Kier alpha value is -1.62. The molecule has 0 spiro atoms. The average Bonchev–Trinajstić information content (AvgIpc) is 2.39. The summed E-state index contributed by atoms with van der Waals surface area (Å²) in [5.41, 5.74) is 7.50. The van der Waals surface area contributed by atoms with Crippen molar-refractivity contribution in [2.75, 3.05) is 6.61 Å². The van der Waals surface area contributed by atoms with Crippen LogP contribution in [0.2, 0.25) is 0 Å². The second kappa shape index (κ2) is 6.22. The average molecular weight is 280 g/mol. The van der Waals surface area contributed by atoms with E-state index in [0.29, 0.717) is 18.6 Å². The first-order valence-electron chi connectivity index (χ1n) is 7.01. The SMILES string of the molecule is CCCC(N)c1cc(F)c2c(c1)C(NC(C)=O)CCO2. The number of benzene rings is 1. The molecule has 2 atom stereocenters. The molecular formula is C15H21FN2O2. The van der Waals surface area contributed by atoms with Crippen molar-refractivity contribution in [1.82, 2.24) is 5.32 Å². The number of rotatable bonds is 4. The van der Waals surface area contributed by atoms with Gasteiger partial charge in [0, 0.05) is 24.9 Å². The van der Waals surface area contributed by atoms with Crippen LogP contribution in [0, 0.1) is 5.82 Å². The van der Waals surface area contributed by atoms with Gasteiger partial charge in [0.15, 0.2) is 11.6 Å². The Labute approximate surface area is 118 Å². The molecule has 0 radical (unpaired) electrons. The molecule has 110 valence electrons. The molecule has 3 N–H and O–H groups in total. The number of hydrogen-bond acceptors (Lipinski definition) is 3. The molecule has 2 rings (SSSR count). The van der Waals surface area contributed by atoms with Gasteiger partial charge in [-0.05, 0) is 24.1 Å². The fraction of sp³-hybridized carbons (Fsp3) is 0.533. The van der Waals surface area contributed by atoms with Gasteiger partial charge in [0.2, 0.25) is 5.91 Å². The quantitative estimate of drug-likeness (QED) is 0.891. The second-order valence-corrected chi connectivity index (χ2v) is 5.21. The molecule has 0 bridgehead atoms. The molecule has 1 aliphatic rings. The predicted octanol–water partition coefficient (Wildman–Crippen LogP) is 2.59. The lowest BCUT2D eigenvalue weighted by Gasteiger charge is -2.28.